The number of halogens is 2. The molecule has 2 aromatic heterocycles. The van der Waals surface area contributed by atoms with Crippen LogP contribution in [0.3, 0.4) is 0 Å². The number of H-pyrrole nitrogens is 2. The highest BCUT2D eigenvalue weighted by Crippen LogP contribution is 2.24. The fourth-order valence-electron chi connectivity index (χ4n) is 2.71. The highest BCUT2D eigenvalue weighted by Gasteiger charge is 2.30. The summed E-state index contributed by atoms with van der Waals surface area (Å²) in [6.07, 6.45) is 0. The van der Waals surface area contributed by atoms with E-state index >= 15 is 0 Å². The van der Waals surface area contributed by atoms with Crippen LogP contribution in [0, 0.1) is 18.2 Å². The molecule has 0 amide bonds. The fourth-order valence-corrected chi connectivity index (χ4v) is 2.71. The summed E-state index contributed by atoms with van der Waals surface area (Å²) in [6.45, 7) is 15.0. The summed E-state index contributed by atoms with van der Waals surface area (Å²) < 4.78 is 25.5. The topological polar surface area (TPSA) is 114 Å². The van der Waals surface area contributed by atoms with E-state index in [2.05, 4.69) is 35.2 Å². The van der Waals surface area contributed by atoms with Gasteiger partial charge in [0.25, 0.3) is 5.54 Å². The maximum Gasteiger partial charge on any atom is 0.284 e. The van der Waals surface area contributed by atoms with E-state index in [1.54, 1.807) is 38.1 Å². The lowest BCUT2D eigenvalue weighted by Crippen LogP contribution is -2.29. The highest BCUT2D eigenvalue weighted by molar-refractivity contribution is 5.55. The van der Waals surface area contributed by atoms with E-state index in [1.165, 1.54) is 24.3 Å². The van der Waals surface area contributed by atoms with Gasteiger partial charge in [0.2, 0.25) is 5.82 Å². The summed E-state index contributed by atoms with van der Waals surface area (Å²) in [6, 6.07) is 12.0. The van der Waals surface area contributed by atoms with Crippen molar-refractivity contribution >= 4 is 0 Å². The molecule has 34 heavy (non-hydrogen) atoms. The summed E-state index contributed by atoms with van der Waals surface area (Å²) in [7, 11) is 0. The van der Waals surface area contributed by atoms with E-state index in [0.717, 1.165) is 17.0 Å². The second kappa shape index (κ2) is 9.89. The van der Waals surface area contributed by atoms with Gasteiger partial charge in [-0.15, -0.1) is 0 Å². The minimum Gasteiger partial charge on any atom is -0.329 e. The molecule has 4 aromatic rings. The van der Waals surface area contributed by atoms with Gasteiger partial charge in [0, 0.05) is 36.9 Å². The van der Waals surface area contributed by atoms with Crippen LogP contribution in [0.25, 0.3) is 27.6 Å². The van der Waals surface area contributed by atoms with Crippen LogP contribution in [-0.4, -0.2) is 36.9 Å². The Kier molecular flexibility index (Phi) is 7.17. The quantitative estimate of drug-likeness (QED) is 0.373. The maximum atomic E-state index is 12.8. The number of nitrogens with two attached hydrogens (primary N) is 1. The Balaban J connectivity index is 0.000000191. The molecule has 0 unspecified atom stereocenters. The van der Waals surface area contributed by atoms with Crippen molar-refractivity contribution in [3.8, 4) is 22.8 Å². The molecule has 0 saturated heterocycles. The zero-order valence-corrected chi connectivity index (χ0v) is 19.4. The summed E-state index contributed by atoms with van der Waals surface area (Å²) in [5.41, 5.74) is 6.19. The lowest BCUT2D eigenvalue weighted by molar-refractivity contribution is 0.504. The van der Waals surface area contributed by atoms with E-state index in [0.29, 0.717) is 24.0 Å². The van der Waals surface area contributed by atoms with Crippen molar-refractivity contribution in [1.82, 2.24) is 30.4 Å². The maximum absolute atomic E-state index is 12.8. The zero-order valence-electron chi connectivity index (χ0n) is 19.4. The Morgan fingerprint density at radius 2 is 1.21 bits per heavy atom. The number of aromatic nitrogens is 6. The van der Waals surface area contributed by atoms with E-state index in [1.807, 2.05) is 13.8 Å². The van der Waals surface area contributed by atoms with Crippen LogP contribution in [0.4, 0.5) is 8.78 Å². The summed E-state index contributed by atoms with van der Waals surface area (Å²) >= 11 is 0. The lowest BCUT2D eigenvalue weighted by atomic mass is 9.93. The molecule has 0 atom stereocenters. The van der Waals surface area contributed by atoms with Crippen LogP contribution in [0.15, 0.2) is 48.5 Å². The first-order chi connectivity index (χ1) is 16.1. The Morgan fingerprint density at radius 1 is 0.794 bits per heavy atom. The smallest absolute Gasteiger partial charge is 0.284 e. The van der Waals surface area contributed by atoms with Gasteiger partial charge in [-0.2, -0.15) is 10.2 Å². The monoisotopic (exact) mass is 464 g/mol. The van der Waals surface area contributed by atoms with Crippen molar-refractivity contribution in [3.05, 3.63) is 83.2 Å². The molecule has 0 spiro atoms. The highest BCUT2D eigenvalue weighted by atomic mass is 19.1. The van der Waals surface area contributed by atoms with E-state index < -0.39 is 5.54 Å². The van der Waals surface area contributed by atoms with Gasteiger partial charge in [-0.05, 0) is 48.5 Å². The van der Waals surface area contributed by atoms with E-state index in [-0.39, 0.29) is 17.0 Å². The van der Waals surface area contributed by atoms with Gasteiger partial charge in [0.05, 0.1) is 0 Å². The number of rotatable bonds is 5. The SMILES string of the molecule is CC(C)(CN)c1nc(-c2ccc(F)cc2)n[nH]1.[C-]#[N+]C(C)(C)c1nc(-c2ccc(F)cc2)n[nH]1. The molecule has 10 heteroatoms. The van der Waals surface area contributed by atoms with Gasteiger partial charge in [-0.3, -0.25) is 10.2 Å². The van der Waals surface area contributed by atoms with Crippen molar-refractivity contribution in [2.45, 2.75) is 38.6 Å². The number of aromatic amines is 2. The molecule has 0 saturated carbocycles. The van der Waals surface area contributed by atoms with Crippen molar-refractivity contribution in [2.24, 2.45) is 5.73 Å². The average Bonchev–Trinajstić information content (AvgIpc) is 3.52. The first-order valence-electron chi connectivity index (χ1n) is 10.5. The normalized spacial score (nSPS) is 11.5. The Morgan fingerprint density at radius 3 is 1.62 bits per heavy atom. The predicted octanol–water partition coefficient (Wildman–Crippen LogP) is 4.61. The van der Waals surface area contributed by atoms with Crippen LogP contribution in [0.1, 0.15) is 39.3 Å². The third-order valence-corrected chi connectivity index (χ3v) is 5.19. The molecule has 176 valence electrons. The minimum absolute atomic E-state index is 0.245. The molecule has 0 bridgehead atoms. The van der Waals surface area contributed by atoms with Gasteiger partial charge in [-0.25, -0.2) is 25.3 Å². The van der Waals surface area contributed by atoms with Crippen molar-refractivity contribution in [3.63, 3.8) is 0 Å². The summed E-state index contributed by atoms with van der Waals surface area (Å²) in [5, 5.41) is 13.8. The van der Waals surface area contributed by atoms with Crippen molar-refractivity contribution < 1.29 is 8.78 Å². The Labute approximate surface area is 196 Å². The number of nitrogens with one attached hydrogen (secondary N) is 2. The van der Waals surface area contributed by atoms with Crippen LogP contribution in [0.5, 0.6) is 0 Å². The first-order valence-corrected chi connectivity index (χ1v) is 10.5. The number of hydrogen-bond acceptors (Lipinski definition) is 5. The van der Waals surface area contributed by atoms with E-state index in [9.17, 15) is 8.78 Å². The van der Waals surface area contributed by atoms with Gasteiger partial charge in [-0.1, -0.05) is 13.8 Å². The van der Waals surface area contributed by atoms with Crippen molar-refractivity contribution in [1.29, 1.82) is 0 Å². The van der Waals surface area contributed by atoms with Crippen LogP contribution < -0.4 is 5.73 Å². The predicted molar refractivity (Wildman–Crippen MR) is 125 cm³/mol. The van der Waals surface area contributed by atoms with Crippen LogP contribution in [0.2, 0.25) is 0 Å². The first kappa shape index (κ1) is 24.7. The molecule has 4 rings (SSSR count). The third-order valence-electron chi connectivity index (χ3n) is 5.19. The largest absolute Gasteiger partial charge is 0.329 e. The third kappa shape index (κ3) is 5.68. The Bertz CT molecular complexity index is 1270. The number of benzene rings is 2. The number of nitrogens with zero attached hydrogens (tertiary/aromatic N) is 5. The zero-order chi connectivity index (χ0) is 24.9. The summed E-state index contributed by atoms with van der Waals surface area (Å²) in [4.78, 5) is 12.1. The second-order valence-electron chi connectivity index (χ2n) is 8.79. The molecule has 0 radical (unpaired) electrons. The molecule has 0 aliphatic carbocycles. The van der Waals surface area contributed by atoms with E-state index in [4.69, 9.17) is 12.3 Å². The number of hydrogen-bond donors (Lipinski definition) is 3. The summed E-state index contributed by atoms with van der Waals surface area (Å²) in [5.74, 6) is 1.70. The lowest BCUT2D eigenvalue weighted by Gasteiger charge is -2.17. The molecule has 0 fully saturated rings. The van der Waals surface area contributed by atoms with Gasteiger partial charge < -0.3 is 10.6 Å². The standard InChI is InChI=1S/C12H11FN4.C12H15FN4/c1-12(2,14-3)11-15-10(16-17-11)8-4-6-9(13)7-5-8;1-12(2,7-14)11-15-10(16-17-11)8-3-5-9(13)6-4-8/h4-7H,1-2H3,(H,15,16,17);3-6H,7,14H2,1-2H3,(H,15,16,17). The molecule has 2 aromatic carbocycles. The molecule has 8 nitrogen and oxygen atoms in total. The van der Waals surface area contributed by atoms with Gasteiger partial charge in [0.1, 0.15) is 17.5 Å². The minimum atomic E-state index is -0.731. The van der Waals surface area contributed by atoms with Gasteiger partial charge in [0.15, 0.2) is 11.6 Å². The molecule has 4 N–H and O–H groups in total. The van der Waals surface area contributed by atoms with Crippen molar-refractivity contribution in [2.75, 3.05) is 6.54 Å². The van der Waals surface area contributed by atoms with Gasteiger partial charge >= 0.3 is 0 Å². The fraction of sp³-hybridized carbons (Fsp3) is 0.292. The Hall–Kier alpha value is -3.97. The molecule has 0 aliphatic heterocycles. The molecular weight excluding hydrogens is 438 g/mol. The molecule has 0 aliphatic rings. The van der Waals surface area contributed by atoms with Crippen LogP contribution in [-0.2, 0) is 11.0 Å². The average molecular weight is 465 g/mol. The second-order valence-corrected chi connectivity index (χ2v) is 8.79. The van der Waals surface area contributed by atoms with Crippen LogP contribution >= 0.6 is 0 Å². The molecular formula is C24H26F2N8. The molecule has 2 heterocycles.